The lowest BCUT2D eigenvalue weighted by Gasteiger charge is -2.21. The van der Waals surface area contributed by atoms with Crippen molar-refractivity contribution in [2.45, 2.75) is 352 Å². The van der Waals surface area contributed by atoms with E-state index in [0.29, 0.717) is 47.3 Å². The molecule has 0 aliphatic rings. The van der Waals surface area contributed by atoms with E-state index in [2.05, 4.69) is 377 Å². The molecule has 0 aliphatic carbocycles. The summed E-state index contributed by atoms with van der Waals surface area (Å²) in [5.74, 6) is 5.13. The van der Waals surface area contributed by atoms with E-state index in [-0.39, 0.29) is 0 Å². The molecule has 8 aromatic carbocycles. The molecular weight excluding hydrogens is 1200 g/mol. The third kappa shape index (κ3) is 25.0. The van der Waals surface area contributed by atoms with Crippen LogP contribution >= 0.6 is 0 Å². The molecule has 0 aliphatic heterocycles. The highest BCUT2D eigenvalue weighted by Gasteiger charge is 2.18. The molecule has 0 radical (unpaired) electrons. The van der Waals surface area contributed by atoms with Gasteiger partial charge in [0, 0.05) is 0 Å². The Balaban J connectivity index is 0.000000572. The van der Waals surface area contributed by atoms with Gasteiger partial charge in [-0.15, -0.1) is 0 Å². The van der Waals surface area contributed by atoms with Gasteiger partial charge in [0.05, 0.1) is 0 Å². The number of aryl methyl sites for hydroxylation is 14. The van der Waals surface area contributed by atoms with Crippen LogP contribution in [-0.4, -0.2) is 0 Å². The molecule has 0 nitrogen and oxygen atoms in total. The van der Waals surface area contributed by atoms with Crippen LogP contribution in [0, 0.1) is 194 Å². The maximum atomic E-state index is 2.29. The second-order valence-corrected chi connectivity index (χ2v) is 32.9. The Bertz CT molecular complexity index is 3500. The van der Waals surface area contributed by atoms with E-state index >= 15 is 0 Å². The van der Waals surface area contributed by atoms with Crippen molar-refractivity contribution in [3.05, 3.63) is 273 Å². The largest absolute Gasteiger partial charge is 0.0617 e. The average Bonchev–Trinajstić information content (AvgIpc) is 0.797. The first kappa shape index (κ1) is 91.8. The molecule has 0 heterocycles. The van der Waals surface area contributed by atoms with Crippen LogP contribution in [0.2, 0.25) is 0 Å². The average molecular weight is 1350 g/mol. The molecule has 0 aromatic heterocycles. The van der Waals surface area contributed by atoms with E-state index < -0.39 is 0 Å². The fourth-order valence-electron chi connectivity index (χ4n) is 16.7. The van der Waals surface area contributed by atoms with E-state index in [9.17, 15) is 0 Å². The Kier molecular flexibility index (Phi) is 37.8. The predicted octanol–water partition coefficient (Wildman–Crippen LogP) is 31.1. The number of hydrogen-bond acceptors (Lipinski definition) is 0. The molecule has 0 atom stereocenters. The quantitative estimate of drug-likeness (QED) is 0.142. The van der Waals surface area contributed by atoms with Gasteiger partial charge in [-0.1, -0.05) is 195 Å². The molecule has 552 valence electrons. The predicted molar refractivity (Wildman–Crippen MR) is 457 cm³/mol. The van der Waals surface area contributed by atoms with Crippen molar-refractivity contribution in [3.8, 4) is 0 Å². The van der Waals surface area contributed by atoms with Crippen molar-refractivity contribution >= 4 is 0 Å². The third-order valence-corrected chi connectivity index (χ3v) is 22.1. The molecule has 0 spiro atoms. The molecule has 0 bridgehead atoms. The molecule has 8 rings (SSSR count). The molecule has 0 amide bonds. The second kappa shape index (κ2) is 41.2. The molecule has 100 heavy (non-hydrogen) atoms. The Hall–Kier alpha value is -6.24. The van der Waals surface area contributed by atoms with Crippen molar-refractivity contribution in [3.63, 3.8) is 0 Å². The minimum absolute atomic E-state index is 0.632. The zero-order chi connectivity index (χ0) is 77.9. The first-order valence-electron chi connectivity index (χ1n) is 38.5. The third-order valence-electron chi connectivity index (χ3n) is 22.1. The fourth-order valence-corrected chi connectivity index (χ4v) is 16.7. The lowest BCUT2D eigenvalue weighted by Crippen LogP contribution is -2.04. The topological polar surface area (TPSA) is 0 Å². The van der Waals surface area contributed by atoms with Crippen molar-refractivity contribution in [2.75, 3.05) is 0 Å². The van der Waals surface area contributed by atoms with Gasteiger partial charge in [0.2, 0.25) is 0 Å². The molecule has 0 unspecified atom stereocenters. The molecule has 0 saturated carbocycles. The molecule has 0 heteroatoms. The molecule has 8 aromatic rings. The molecule has 0 N–H and O–H groups in total. The van der Waals surface area contributed by atoms with Crippen LogP contribution in [0.25, 0.3) is 0 Å². The second-order valence-electron chi connectivity index (χ2n) is 32.9. The summed E-state index contributed by atoms with van der Waals surface area (Å²) < 4.78 is 0. The summed E-state index contributed by atoms with van der Waals surface area (Å²) >= 11 is 0. The minimum atomic E-state index is 0.632. The van der Waals surface area contributed by atoms with E-state index in [4.69, 9.17) is 0 Å². The summed E-state index contributed by atoms with van der Waals surface area (Å²) in [6, 6.07) is 26.6. The van der Waals surface area contributed by atoms with Crippen LogP contribution in [0.15, 0.2) is 72.8 Å². The summed E-state index contributed by atoms with van der Waals surface area (Å²) in [5.41, 5.74) is 52.7. The van der Waals surface area contributed by atoms with Gasteiger partial charge in [0.25, 0.3) is 0 Å². The van der Waals surface area contributed by atoms with Gasteiger partial charge in [0.15, 0.2) is 0 Å². The summed E-state index contributed by atoms with van der Waals surface area (Å²) in [6.45, 7) is 98.2. The van der Waals surface area contributed by atoms with E-state index in [0.717, 1.165) is 0 Å². The van der Waals surface area contributed by atoms with Crippen molar-refractivity contribution in [2.24, 2.45) is 0 Å². The highest BCUT2D eigenvalue weighted by Crippen LogP contribution is 2.35. The van der Waals surface area contributed by atoms with Crippen molar-refractivity contribution in [1.29, 1.82) is 0 Å². The normalized spacial score (nSPS) is 10.9. The Morgan fingerprint density at radius 3 is 0.430 bits per heavy atom. The minimum Gasteiger partial charge on any atom is -0.0617 e. The Morgan fingerprint density at radius 2 is 0.280 bits per heavy atom. The summed E-state index contributed by atoms with van der Waals surface area (Å²) in [6.07, 6.45) is 0. The van der Waals surface area contributed by atoms with Crippen LogP contribution < -0.4 is 0 Å². The van der Waals surface area contributed by atoms with Gasteiger partial charge in [-0.25, -0.2) is 0 Å². The first-order chi connectivity index (χ1) is 45.9. The maximum absolute atomic E-state index is 2.29. The van der Waals surface area contributed by atoms with Crippen LogP contribution in [0.1, 0.15) is 358 Å². The van der Waals surface area contributed by atoms with Gasteiger partial charge in [-0.05, 0) is 430 Å². The SMILES string of the molecule is Cc1c(C)c(C)c(C(C)C)c(C)c1C.Cc1c(C)c(C)c(C(C)C)c(C)c1C.Cc1cc(C)c(C(C)C)c(C)c1.Cc1cc(C)c(C(C)C)c(C)c1.Cc1cc(C)c(C)c(C(C)C)c1C.Cc1cc(C)c(C)c(C(C)C)c1C.Cc1cccc(C)c1C(C)C.Cc1cccc(C)c1C(C)C. The first-order valence-corrected chi connectivity index (χ1v) is 38.5. The number of hydrogen-bond donors (Lipinski definition) is 0. The van der Waals surface area contributed by atoms with Crippen molar-refractivity contribution < 1.29 is 0 Å². The van der Waals surface area contributed by atoms with Gasteiger partial charge in [0.1, 0.15) is 0 Å². The zero-order valence-electron chi connectivity index (χ0n) is 73.5. The van der Waals surface area contributed by atoms with Crippen molar-refractivity contribution in [1.82, 2.24) is 0 Å². The fraction of sp³-hybridized carbons (Fsp3) is 0.520. The Morgan fingerprint density at radius 1 is 0.140 bits per heavy atom. The Labute approximate surface area is 621 Å². The van der Waals surface area contributed by atoms with Crippen LogP contribution in [0.4, 0.5) is 0 Å². The highest BCUT2D eigenvalue weighted by molar-refractivity contribution is 5.53. The molecule has 0 fully saturated rings. The van der Waals surface area contributed by atoms with Crippen LogP contribution in [0.5, 0.6) is 0 Å². The zero-order valence-corrected chi connectivity index (χ0v) is 73.5. The monoisotopic (exact) mass is 1350 g/mol. The van der Waals surface area contributed by atoms with Gasteiger partial charge < -0.3 is 0 Å². The molecular formula is C100H152. The smallest absolute Gasteiger partial charge is 0.0213 e. The summed E-state index contributed by atoms with van der Waals surface area (Å²) in [4.78, 5) is 0. The van der Waals surface area contributed by atoms with E-state index in [1.165, 1.54) is 189 Å². The van der Waals surface area contributed by atoms with Gasteiger partial charge in [-0.3, -0.25) is 0 Å². The van der Waals surface area contributed by atoms with E-state index in [1.807, 2.05) is 0 Å². The van der Waals surface area contributed by atoms with Gasteiger partial charge in [-0.2, -0.15) is 0 Å². The highest BCUT2D eigenvalue weighted by atomic mass is 14.2. The summed E-state index contributed by atoms with van der Waals surface area (Å²) in [5, 5.41) is 0. The van der Waals surface area contributed by atoms with Crippen LogP contribution in [0.3, 0.4) is 0 Å². The standard InChI is InChI=1S/2C14H22.2C13H20.2C12H18.2C11H16/c2*1-8(2)14-12(6)10(4)9(3)11(5)13(14)7;2*1-8(2)13-11(5)9(3)7-10(4)12(13)6;2*1-8(2)12-10(4)6-9(3)7-11(12)5;2*1-8(2)11-9(3)6-5-7-10(11)4/h2*8H,1-7H3;2*7-8H,1-6H3;2*6-8H,1-5H3;2*5-8H,1-4H3. The molecule has 0 saturated heterocycles. The summed E-state index contributed by atoms with van der Waals surface area (Å²) in [7, 11) is 0. The van der Waals surface area contributed by atoms with E-state index in [1.54, 1.807) is 11.1 Å². The maximum Gasteiger partial charge on any atom is -0.0213 e. The number of rotatable bonds is 8. The lowest BCUT2D eigenvalue weighted by molar-refractivity contribution is 0.837. The number of benzene rings is 8. The van der Waals surface area contributed by atoms with Gasteiger partial charge >= 0.3 is 0 Å². The lowest BCUT2D eigenvalue weighted by atomic mass is 9.85. The van der Waals surface area contributed by atoms with Crippen LogP contribution in [-0.2, 0) is 0 Å².